The predicted molar refractivity (Wildman–Crippen MR) is 86.8 cm³/mol. The first-order valence-electron chi connectivity index (χ1n) is 8.17. The second-order valence-corrected chi connectivity index (χ2v) is 5.64. The molecular formula is C18H27FN2. The summed E-state index contributed by atoms with van der Waals surface area (Å²) < 4.78 is 13.4. The van der Waals surface area contributed by atoms with Gasteiger partial charge in [0.05, 0.1) is 5.56 Å². The van der Waals surface area contributed by atoms with Gasteiger partial charge in [0.25, 0.3) is 0 Å². The zero-order valence-corrected chi connectivity index (χ0v) is 13.3. The van der Waals surface area contributed by atoms with E-state index < -0.39 is 5.82 Å². The summed E-state index contributed by atoms with van der Waals surface area (Å²) in [5.41, 5.74) is 0.965. The number of benzene rings is 1. The van der Waals surface area contributed by atoms with Crippen molar-refractivity contribution >= 4 is 5.69 Å². The van der Waals surface area contributed by atoms with Crippen LogP contribution in [0.3, 0.4) is 0 Å². The Morgan fingerprint density at radius 3 is 2.24 bits per heavy atom. The molecule has 0 unspecified atom stereocenters. The largest absolute Gasteiger partial charge is 0.382 e. The minimum Gasteiger partial charge on any atom is -0.382 e. The van der Waals surface area contributed by atoms with Crippen molar-refractivity contribution in [2.24, 2.45) is 0 Å². The van der Waals surface area contributed by atoms with Gasteiger partial charge in [0.15, 0.2) is 0 Å². The first-order valence-corrected chi connectivity index (χ1v) is 8.17. The first-order chi connectivity index (χ1) is 10.2. The third-order valence-corrected chi connectivity index (χ3v) is 3.77. The molecule has 0 atom stereocenters. The number of rotatable bonds is 10. The zero-order valence-electron chi connectivity index (χ0n) is 13.3. The van der Waals surface area contributed by atoms with Crippen molar-refractivity contribution in [3.05, 3.63) is 29.6 Å². The molecule has 0 aliphatic heterocycles. The van der Waals surface area contributed by atoms with E-state index >= 15 is 0 Å². The molecule has 0 fully saturated rings. The average molecular weight is 290 g/mol. The van der Waals surface area contributed by atoms with Crippen molar-refractivity contribution in [3.63, 3.8) is 0 Å². The molecule has 0 aliphatic carbocycles. The van der Waals surface area contributed by atoms with E-state index in [1.165, 1.54) is 44.6 Å². The molecule has 3 heteroatoms. The van der Waals surface area contributed by atoms with Crippen LogP contribution in [-0.2, 0) is 0 Å². The Morgan fingerprint density at radius 2 is 1.71 bits per heavy atom. The number of hydrogen-bond donors (Lipinski definition) is 1. The van der Waals surface area contributed by atoms with Crippen molar-refractivity contribution < 1.29 is 4.39 Å². The molecule has 21 heavy (non-hydrogen) atoms. The lowest BCUT2D eigenvalue weighted by atomic mass is 10.0. The summed E-state index contributed by atoms with van der Waals surface area (Å²) in [6.45, 7) is 4.41. The van der Waals surface area contributed by atoms with Gasteiger partial charge in [-0.3, -0.25) is 0 Å². The summed E-state index contributed by atoms with van der Waals surface area (Å²) in [6, 6.07) is 7.02. The van der Waals surface area contributed by atoms with Crippen LogP contribution in [0, 0.1) is 17.1 Å². The summed E-state index contributed by atoms with van der Waals surface area (Å²) in [5, 5.41) is 12.4. The molecular weight excluding hydrogens is 263 g/mol. The highest BCUT2D eigenvalue weighted by molar-refractivity contribution is 5.50. The van der Waals surface area contributed by atoms with Gasteiger partial charge in [-0.2, -0.15) is 5.26 Å². The second kappa shape index (κ2) is 10.2. The van der Waals surface area contributed by atoms with Gasteiger partial charge in [0.2, 0.25) is 0 Å². The van der Waals surface area contributed by atoms with E-state index in [2.05, 4.69) is 19.2 Å². The Kier molecular flexibility index (Phi) is 8.50. The minimum absolute atomic E-state index is 0.112. The van der Waals surface area contributed by atoms with E-state index in [0.29, 0.717) is 6.04 Å². The lowest BCUT2D eigenvalue weighted by Gasteiger charge is -2.20. The molecule has 0 saturated heterocycles. The molecule has 0 heterocycles. The van der Waals surface area contributed by atoms with E-state index in [0.717, 1.165) is 18.5 Å². The van der Waals surface area contributed by atoms with Gasteiger partial charge in [-0.15, -0.1) is 0 Å². The van der Waals surface area contributed by atoms with Crippen LogP contribution in [0.2, 0.25) is 0 Å². The van der Waals surface area contributed by atoms with Crippen LogP contribution >= 0.6 is 0 Å². The fourth-order valence-corrected chi connectivity index (χ4v) is 2.51. The molecule has 0 spiro atoms. The van der Waals surface area contributed by atoms with Crippen LogP contribution in [0.4, 0.5) is 10.1 Å². The van der Waals surface area contributed by atoms with E-state index in [1.807, 2.05) is 6.07 Å². The smallest absolute Gasteiger partial charge is 0.141 e. The molecule has 0 aromatic heterocycles. The number of nitrogens with zero attached hydrogens (tertiary/aromatic N) is 1. The predicted octanol–water partition coefficient (Wildman–Crippen LogP) is 5.64. The van der Waals surface area contributed by atoms with Gasteiger partial charge in [0, 0.05) is 11.7 Å². The summed E-state index contributed by atoms with van der Waals surface area (Å²) in [5.74, 6) is -0.448. The van der Waals surface area contributed by atoms with Crippen LogP contribution in [0.15, 0.2) is 18.2 Å². The maximum Gasteiger partial charge on any atom is 0.141 e. The fraction of sp³-hybridized carbons (Fsp3) is 0.611. The Hall–Kier alpha value is -1.56. The first kappa shape index (κ1) is 17.5. The monoisotopic (exact) mass is 290 g/mol. The zero-order chi connectivity index (χ0) is 15.5. The number of hydrogen-bond acceptors (Lipinski definition) is 2. The molecule has 1 aromatic carbocycles. The lowest BCUT2D eigenvalue weighted by Crippen LogP contribution is -2.19. The van der Waals surface area contributed by atoms with E-state index in [9.17, 15) is 4.39 Å². The third kappa shape index (κ3) is 6.62. The molecule has 0 bridgehead atoms. The van der Waals surface area contributed by atoms with Crippen LogP contribution in [0.25, 0.3) is 0 Å². The molecule has 116 valence electrons. The van der Waals surface area contributed by atoms with Gasteiger partial charge in [-0.05, 0) is 31.0 Å². The van der Waals surface area contributed by atoms with Crippen LogP contribution in [-0.4, -0.2) is 6.04 Å². The molecule has 1 N–H and O–H groups in total. The minimum atomic E-state index is -0.448. The average Bonchev–Trinajstić information content (AvgIpc) is 2.49. The highest BCUT2D eigenvalue weighted by atomic mass is 19.1. The number of nitrogens with one attached hydrogen (secondary N) is 1. The SMILES string of the molecule is CCCCCC(CCCCC)Nc1ccc(F)c(C#N)c1. The molecule has 2 nitrogen and oxygen atoms in total. The van der Waals surface area contributed by atoms with Gasteiger partial charge < -0.3 is 5.32 Å². The quantitative estimate of drug-likeness (QED) is 0.566. The lowest BCUT2D eigenvalue weighted by molar-refractivity contribution is 0.526. The van der Waals surface area contributed by atoms with Crippen LogP contribution in [0.1, 0.15) is 70.8 Å². The van der Waals surface area contributed by atoms with Gasteiger partial charge >= 0.3 is 0 Å². The Bertz CT molecular complexity index is 441. The van der Waals surface area contributed by atoms with E-state index in [4.69, 9.17) is 5.26 Å². The third-order valence-electron chi connectivity index (χ3n) is 3.77. The van der Waals surface area contributed by atoms with Crippen molar-refractivity contribution in [1.82, 2.24) is 0 Å². The molecule has 0 aliphatic rings. The number of anilines is 1. The van der Waals surface area contributed by atoms with E-state index in [1.54, 1.807) is 12.1 Å². The summed E-state index contributed by atoms with van der Waals surface area (Å²) in [7, 11) is 0. The highest BCUT2D eigenvalue weighted by Gasteiger charge is 2.10. The van der Waals surface area contributed by atoms with Crippen molar-refractivity contribution in [2.45, 2.75) is 71.3 Å². The molecule has 0 saturated carbocycles. The Labute approximate surface area is 128 Å². The maximum absolute atomic E-state index is 13.4. The van der Waals surface area contributed by atoms with Crippen LogP contribution in [0.5, 0.6) is 0 Å². The topological polar surface area (TPSA) is 35.8 Å². The van der Waals surface area contributed by atoms with Gasteiger partial charge in [0.1, 0.15) is 11.9 Å². The number of nitriles is 1. The van der Waals surface area contributed by atoms with Crippen molar-refractivity contribution in [3.8, 4) is 6.07 Å². The Morgan fingerprint density at radius 1 is 1.10 bits per heavy atom. The molecule has 1 aromatic rings. The normalized spacial score (nSPS) is 10.6. The summed E-state index contributed by atoms with van der Waals surface area (Å²) >= 11 is 0. The molecule has 0 amide bonds. The highest BCUT2D eigenvalue weighted by Crippen LogP contribution is 2.19. The summed E-state index contributed by atoms with van der Waals surface area (Å²) in [4.78, 5) is 0. The molecule has 0 radical (unpaired) electrons. The molecule has 1 rings (SSSR count). The van der Waals surface area contributed by atoms with Gasteiger partial charge in [-0.25, -0.2) is 4.39 Å². The maximum atomic E-state index is 13.4. The van der Waals surface area contributed by atoms with Crippen molar-refractivity contribution in [1.29, 1.82) is 5.26 Å². The number of halogens is 1. The standard InChI is InChI=1S/C18H27FN2/c1-3-5-7-9-16(10-8-6-4-2)21-17-11-12-18(19)15(13-17)14-20/h11-13,16,21H,3-10H2,1-2H3. The number of unbranched alkanes of at least 4 members (excludes halogenated alkanes) is 4. The fourth-order valence-electron chi connectivity index (χ4n) is 2.51. The Balaban J connectivity index is 2.63. The van der Waals surface area contributed by atoms with Gasteiger partial charge in [-0.1, -0.05) is 52.4 Å². The van der Waals surface area contributed by atoms with Crippen LogP contribution < -0.4 is 5.32 Å². The van der Waals surface area contributed by atoms with E-state index in [-0.39, 0.29) is 5.56 Å². The second-order valence-electron chi connectivity index (χ2n) is 5.64. The van der Waals surface area contributed by atoms with Crippen molar-refractivity contribution in [2.75, 3.05) is 5.32 Å². The summed E-state index contributed by atoms with van der Waals surface area (Å²) in [6.07, 6.45) is 9.64.